The van der Waals surface area contributed by atoms with Gasteiger partial charge in [-0.2, -0.15) is 0 Å². The van der Waals surface area contributed by atoms with E-state index in [4.69, 9.17) is 10.1 Å². The third kappa shape index (κ3) is 3.36. The zero-order valence-corrected chi connectivity index (χ0v) is 13.1. The van der Waals surface area contributed by atoms with Crippen LogP contribution in [0.15, 0.2) is 24.3 Å². The molecule has 5 heteroatoms. The lowest BCUT2D eigenvalue weighted by Gasteiger charge is -2.18. The highest BCUT2D eigenvalue weighted by atomic mass is 32.1. The van der Waals surface area contributed by atoms with E-state index in [1.54, 1.807) is 0 Å². The number of anilines is 2. The first-order valence-corrected chi connectivity index (χ1v) is 8.21. The van der Waals surface area contributed by atoms with E-state index in [1.165, 1.54) is 28.4 Å². The highest BCUT2D eigenvalue weighted by molar-refractivity contribution is 7.11. The van der Waals surface area contributed by atoms with Gasteiger partial charge in [-0.05, 0) is 43.5 Å². The Morgan fingerprint density at radius 3 is 2.81 bits per heavy atom. The molecule has 2 N–H and O–H groups in total. The van der Waals surface area contributed by atoms with Crippen LogP contribution in [-0.4, -0.2) is 30.3 Å². The van der Waals surface area contributed by atoms with E-state index in [0.717, 1.165) is 24.3 Å². The molecule has 0 aliphatic heterocycles. The minimum absolute atomic E-state index is 0.172. The number of thiazole rings is 1. The molecule has 0 atom stereocenters. The number of aliphatic hydroxyl groups excluding tert-OH is 1. The van der Waals surface area contributed by atoms with Crippen molar-refractivity contribution >= 4 is 22.7 Å². The fourth-order valence-electron chi connectivity index (χ4n) is 2.61. The lowest BCUT2D eigenvalue weighted by molar-refractivity contribution is 0.304. The number of likely N-dealkylation sites (N-methyl/N-ethyl adjacent to an activating group) is 1. The fourth-order valence-corrected chi connectivity index (χ4v) is 3.71. The quantitative estimate of drug-likeness (QED) is 0.861. The maximum absolute atomic E-state index is 8.95. The molecule has 0 saturated heterocycles. The standard InChI is InChI=1S/C16H21N3OS/c1-19(9-10-20)13-7-5-12(6-8-13)17-11-16-18-14-3-2-4-15(14)21-16/h5-8,17,20H,2-4,9-11H2,1H3. The number of aliphatic hydroxyl groups is 1. The van der Waals surface area contributed by atoms with E-state index in [9.17, 15) is 0 Å². The Bertz CT molecular complexity index is 573. The number of rotatable bonds is 6. The number of hydrogen-bond donors (Lipinski definition) is 2. The summed E-state index contributed by atoms with van der Waals surface area (Å²) in [4.78, 5) is 8.21. The Morgan fingerprint density at radius 1 is 1.29 bits per heavy atom. The van der Waals surface area contributed by atoms with E-state index in [1.807, 2.05) is 23.3 Å². The molecule has 2 aromatic rings. The van der Waals surface area contributed by atoms with Gasteiger partial charge in [0.2, 0.25) is 0 Å². The summed E-state index contributed by atoms with van der Waals surface area (Å²) in [7, 11) is 1.98. The van der Waals surface area contributed by atoms with Crippen molar-refractivity contribution in [2.75, 3.05) is 30.4 Å². The van der Waals surface area contributed by atoms with Crippen LogP contribution in [0.1, 0.15) is 22.0 Å². The van der Waals surface area contributed by atoms with Crippen molar-refractivity contribution in [3.05, 3.63) is 39.8 Å². The summed E-state index contributed by atoms with van der Waals surface area (Å²) in [5, 5.41) is 13.6. The molecular formula is C16H21N3OS. The van der Waals surface area contributed by atoms with Crippen LogP contribution in [0.4, 0.5) is 11.4 Å². The van der Waals surface area contributed by atoms with Gasteiger partial charge in [0, 0.05) is 29.8 Å². The Morgan fingerprint density at radius 2 is 2.10 bits per heavy atom. The molecule has 0 unspecified atom stereocenters. The van der Waals surface area contributed by atoms with Crippen LogP contribution in [0.2, 0.25) is 0 Å². The second-order valence-electron chi connectivity index (χ2n) is 5.38. The normalized spacial score (nSPS) is 13.2. The number of fused-ring (bicyclic) bond motifs is 1. The maximum atomic E-state index is 8.95. The molecule has 0 bridgehead atoms. The van der Waals surface area contributed by atoms with Gasteiger partial charge in [0.05, 0.1) is 18.8 Å². The van der Waals surface area contributed by atoms with Crippen molar-refractivity contribution in [2.24, 2.45) is 0 Å². The predicted octanol–water partition coefficient (Wildman–Crippen LogP) is 2.67. The van der Waals surface area contributed by atoms with Crippen LogP contribution in [0.5, 0.6) is 0 Å². The Hall–Kier alpha value is -1.59. The number of nitrogens with zero attached hydrogens (tertiary/aromatic N) is 2. The monoisotopic (exact) mass is 303 g/mol. The summed E-state index contributed by atoms with van der Waals surface area (Å²) < 4.78 is 0. The molecule has 1 heterocycles. The predicted molar refractivity (Wildman–Crippen MR) is 88.3 cm³/mol. The molecule has 0 amide bonds. The van der Waals surface area contributed by atoms with Gasteiger partial charge < -0.3 is 15.3 Å². The van der Waals surface area contributed by atoms with Gasteiger partial charge in [-0.3, -0.25) is 0 Å². The number of nitrogens with one attached hydrogen (secondary N) is 1. The highest BCUT2D eigenvalue weighted by Gasteiger charge is 2.16. The molecule has 0 spiro atoms. The number of hydrogen-bond acceptors (Lipinski definition) is 5. The summed E-state index contributed by atoms with van der Waals surface area (Å²) in [5.41, 5.74) is 3.53. The molecule has 4 nitrogen and oxygen atoms in total. The summed E-state index contributed by atoms with van der Waals surface area (Å²) in [6, 6.07) is 8.29. The molecule has 0 radical (unpaired) electrons. The van der Waals surface area contributed by atoms with E-state index in [2.05, 4.69) is 29.6 Å². The maximum Gasteiger partial charge on any atom is 0.112 e. The zero-order chi connectivity index (χ0) is 14.7. The van der Waals surface area contributed by atoms with Crippen LogP contribution in [0.25, 0.3) is 0 Å². The summed E-state index contributed by atoms with van der Waals surface area (Å²) >= 11 is 1.85. The summed E-state index contributed by atoms with van der Waals surface area (Å²) in [6.07, 6.45) is 3.63. The molecule has 1 aliphatic carbocycles. The molecule has 0 fully saturated rings. The van der Waals surface area contributed by atoms with Gasteiger partial charge in [-0.15, -0.1) is 11.3 Å². The van der Waals surface area contributed by atoms with E-state index < -0.39 is 0 Å². The first-order chi connectivity index (χ1) is 10.3. The van der Waals surface area contributed by atoms with Gasteiger partial charge in [0.1, 0.15) is 5.01 Å². The van der Waals surface area contributed by atoms with Gasteiger partial charge in [0.15, 0.2) is 0 Å². The minimum Gasteiger partial charge on any atom is -0.395 e. The van der Waals surface area contributed by atoms with Crippen molar-refractivity contribution < 1.29 is 5.11 Å². The van der Waals surface area contributed by atoms with Crippen LogP contribution in [0.3, 0.4) is 0 Å². The molecule has 1 aromatic carbocycles. The molecule has 112 valence electrons. The van der Waals surface area contributed by atoms with Crippen LogP contribution < -0.4 is 10.2 Å². The Kier molecular flexibility index (Phi) is 4.41. The largest absolute Gasteiger partial charge is 0.395 e. The second-order valence-corrected chi connectivity index (χ2v) is 6.54. The van der Waals surface area contributed by atoms with Crippen LogP contribution in [-0.2, 0) is 19.4 Å². The van der Waals surface area contributed by atoms with Gasteiger partial charge in [-0.25, -0.2) is 4.98 Å². The third-order valence-corrected chi connectivity index (χ3v) is 4.98. The van der Waals surface area contributed by atoms with Gasteiger partial charge in [0.25, 0.3) is 0 Å². The van der Waals surface area contributed by atoms with Crippen molar-refractivity contribution in [3.8, 4) is 0 Å². The van der Waals surface area contributed by atoms with Crippen molar-refractivity contribution in [3.63, 3.8) is 0 Å². The van der Waals surface area contributed by atoms with Gasteiger partial charge >= 0.3 is 0 Å². The zero-order valence-electron chi connectivity index (χ0n) is 12.3. The first kappa shape index (κ1) is 14.4. The highest BCUT2D eigenvalue weighted by Crippen LogP contribution is 2.28. The van der Waals surface area contributed by atoms with Crippen molar-refractivity contribution in [1.29, 1.82) is 0 Å². The van der Waals surface area contributed by atoms with Gasteiger partial charge in [-0.1, -0.05) is 0 Å². The average molecular weight is 303 g/mol. The van der Waals surface area contributed by atoms with Crippen LogP contribution >= 0.6 is 11.3 Å². The van der Waals surface area contributed by atoms with E-state index in [0.29, 0.717) is 6.54 Å². The topological polar surface area (TPSA) is 48.4 Å². The van der Waals surface area contributed by atoms with Crippen molar-refractivity contribution in [2.45, 2.75) is 25.8 Å². The summed E-state index contributed by atoms with van der Waals surface area (Å²) in [6.45, 7) is 1.62. The number of aromatic nitrogens is 1. The van der Waals surface area contributed by atoms with Crippen molar-refractivity contribution in [1.82, 2.24) is 4.98 Å². The second kappa shape index (κ2) is 6.45. The van der Waals surface area contributed by atoms with E-state index in [-0.39, 0.29) is 6.61 Å². The summed E-state index contributed by atoms with van der Waals surface area (Å²) in [5.74, 6) is 0. The lowest BCUT2D eigenvalue weighted by atomic mass is 10.2. The third-order valence-electron chi connectivity index (χ3n) is 3.83. The molecule has 0 saturated carbocycles. The number of benzene rings is 1. The Labute approximate surface area is 129 Å². The van der Waals surface area contributed by atoms with E-state index >= 15 is 0 Å². The molecule has 1 aromatic heterocycles. The molecule has 1 aliphatic rings. The fraction of sp³-hybridized carbons (Fsp3) is 0.438. The molecule has 21 heavy (non-hydrogen) atoms. The lowest BCUT2D eigenvalue weighted by Crippen LogP contribution is -2.20. The smallest absolute Gasteiger partial charge is 0.112 e. The number of aryl methyl sites for hydroxylation is 2. The minimum atomic E-state index is 0.172. The van der Waals surface area contributed by atoms with Crippen LogP contribution in [0, 0.1) is 0 Å². The molecular weight excluding hydrogens is 282 g/mol. The SMILES string of the molecule is CN(CCO)c1ccc(NCc2nc3c(s2)CCC3)cc1. The Balaban J connectivity index is 1.57. The average Bonchev–Trinajstić information content (AvgIpc) is 3.07. The first-order valence-electron chi connectivity index (χ1n) is 7.39. The molecule has 3 rings (SSSR count).